The molecule has 0 radical (unpaired) electrons. The average molecular weight is 349 g/mol. The molecule has 6 heteroatoms. The molecular formula is C15H13BrN2O3. The number of phenols is 2. The van der Waals surface area contributed by atoms with Crippen molar-refractivity contribution in [2.24, 2.45) is 5.10 Å². The highest BCUT2D eigenvalue weighted by atomic mass is 79.9. The number of hydrazone groups is 1. The highest BCUT2D eigenvalue weighted by molar-refractivity contribution is 9.10. The summed E-state index contributed by atoms with van der Waals surface area (Å²) in [5, 5.41) is 22.5. The van der Waals surface area contributed by atoms with Crippen LogP contribution in [0, 0.1) is 6.92 Å². The van der Waals surface area contributed by atoms with Crippen LogP contribution in [0.2, 0.25) is 0 Å². The molecule has 0 fully saturated rings. The second-order valence-corrected chi connectivity index (χ2v) is 5.26. The van der Waals surface area contributed by atoms with Gasteiger partial charge in [-0.2, -0.15) is 5.10 Å². The van der Waals surface area contributed by atoms with Crippen LogP contribution in [0.25, 0.3) is 0 Å². The van der Waals surface area contributed by atoms with Gasteiger partial charge < -0.3 is 10.2 Å². The van der Waals surface area contributed by atoms with Gasteiger partial charge in [-0.3, -0.25) is 4.79 Å². The fraction of sp³-hybridized carbons (Fsp3) is 0.0667. The number of halogens is 1. The van der Waals surface area contributed by atoms with Gasteiger partial charge in [-0.1, -0.05) is 22.0 Å². The number of amides is 1. The lowest BCUT2D eigenvalue weighted by Crippen LogP contribution is -2.17. The molecule has 0 unspecified atom stereocenters. The molecule has 0 bridgehead atoms. The number of carbonyl (C=O) groups is 1. The maximum Gasteiger partial charge on any atom is 0.271 e. The van der Waals surface area contributed by atoms with E-state index in [9.17, 15) is 9.90 Å². The zero-order valence-corrected chi connectivity index (χ0v) is 12.8. The van der Waals surface area contributed by atoms with Crippen LogP contribution >= 0.6 is 15.9 Å². The van der Waals surface area contributed by atoms with Gasteiger partial charge in [0.05, 0.1) is 6.21 Å². The highest BCUT2D eigenvalue weighted by Gasteiger charge is 2.06. The van der Waals surface area contributed by atoms with E-state index in [1.165, 1.54) is 24.4 Å². The summed E-state index contributed by atoms with van der Waals surface area (Å²) < 4.78 is 0.843. The van der Waals surface area contributed by atoms with Crippen molar-refractivity contribution in [3.63, 3.8) is 0 Å². The number of nitrogens with one attached hydrogen (secondary N) is 1. The van der Waals surface area contributed by atoms with Crippen LogP contribution in [0.3, 0.4) is 0 Å². The molecule has 2 aromatic carbocycles. The van der Waals surface area contributed by atoms with Crippen molar-refractivity contribution in [3.8, 4) is 11.5 Å². The lowest BCUT2D eigenvalue weighted by atomic mass is 10.1. The topological polar surface area (TPSA) is 81.9 Å². The molecule has 21 heavy (non-hydrogen) atoms. The van der Waals surface area contributed by atoms with Crippen LogP contribution in [0.4, 0.5) is 0 Å². The minimum absolute atomic E-state index is 0.0433. The Balaban J connectivity index is 2.06. The first-order valence-corrected chi connectivity index (χ1v) is 6.88. The molecule has 0 saturated heterocycles. The van der Waals surface area contributed by atoms with Crippen LogP contribution in [-0.2, 0) is 0 Å². The van der Waals surface area contributed by atoms with Gasteiger partial charge in [-0.15, -0.1) is 0 Å². The molecule has 0 spiro atoms. The van der Waals surface area contributed by atoms with Gasteiger partial charge in [0.25, 0.3) is 5.91 Å². The first kappa shape index (κ1) is 15.1. The second kappa shape index (κ2) is 6.41. The number of hydrogen-bond donors (Lipinski definition) is 3. The molecule has 5 nitrogen and oxygen atoms in total. The smallest absolute Gasteiger partial charge is 0.271 e. The van der Waals surface area contributed by atoms with Crippen molar-refractivity contribution < 1.29 is 15.0 Å². The standard InChI is InChI=1S/C15H13BrN2O3/c1-9-2-3-10(6-13(9)16)15(21)18-17-8-11-4-5-12(19)7-14(11)20/h2-8,19-20H,1H3,(H,18,21). The molecule has 108 valence electrons. The Kier molecular flexibility index (Phi) is 4.59. The minimum atomic E-state index is -0.356. The molecule has 2 aromatic rings. The molecule has 2 rings (SSSR count). The SMILES string of the molecule is Cc1ccc(C(=O)NN=Cc2ccc(O)cc2O)cc1Br. The third-order valence-electron chi connectivity index (χ3n) is 2.82. The van der Waals surface area contributed by atoms with Crippen LogP contribution in [-0.4, -0.2) is 22.3 Å². The lowest BCUT2D eigenvalue weighted by molar-refractivity contribution is 0.0955. The van der Waals surface area contributed by atoms with E-state index in [-0.39, 0.29) is 17.4 Å². The van der Waals surface area contributed by atoms with E-state index < -0.39 is 0 Å². The van der Waals surface area contributed by atoms with Crippen LogP contribution in [0.15, 0.2) is 46.0 Å². The van der Waals surface area contributed by atoms with Crippen LogP contribution < -0.4 is 5.43 Å². The zero-order valence-electron chi connectivity index (χ0n) is 11.2. The molecule has 0 aromatic heterocycles. The molecule has 0 saturated carbocycles. The number of phenolic OH excluding ortho intramolecular Hbond substituents is 2. The summed E-state index contributed by atoms with van der Waals surface area (Å²) in [6.45, 7) is 1.93. The van der Waals surface area contributed by atoms with Crippen molar-refractivity contribution >= 4 is 28.1 Å². The fourth-order valence-corrected chi connectivity index (χ4v) is 1.98. The number of aromatic hydroxyl groups is 2. The summed E-state index contributed by atoms with van der Waals surface area (Å²) in [6.07, 6.45) is 1.30. The number of benzene rings is 2. The third-order valence-corrected chi connectivity index (χ3v) is 3.67. The van der Waals surface area contributed by atoms with E-state index in [4.69, 9.17) is 5.11 Å². The predicted molar refractivity (Wildman–Crippen MR) is 83.7 cm³/mol. The van der Waals surface area contributed by atoms with E-state index >= 15 is 0 Å². The Morgan fingerprint density at radius 3 is 2.67 bits per heavy atom. The quantitative estimate of drug-likeness (QED) is 0.589. The molecule has 0 aliphatic heterocycles. The van der Waals surface area contributed by atoms with Gasteiger partial charge in [0, 0.05) is 21.7 Å². The maximum atomic E-state index is 11.9. The normalized spacial score (nSPS) is 10.8. The Morgan fingerprint density at radius 2 is 2.00 bits per heavy atom. The Hall–Kier alpha value is -2.34. The lowest BCUT2D eigenvalue weighted by Gasteiger charge is -2.03. The average Bonchev–Trinajstić information content (AvgIpc) is 2.44. The van der Waals surface area contributed by atoms with Crippen molar-refractivity contribution in [2.75, 3.05) is 0 Å². The number of carbonyl (C=O) groups excluding carboxylic acids is 1. The first-order chi connectivity index (χ1) is 9.97. The minimum Gasteiger partial charge on any atom is -0.508 e. The molecule has 1 amide bonds. The van der Waals surface area contributed by atoms with E-state index in [1.807, 2.05) is 13.0 Å². The largest absolute Gasteiger partial charge is 0.508 e. The summed E-state index contributed by atoms with van der Waals surface area (Å²) in [4.78, 5) is 11.9. The summed E-state index contributed by atoms with van der Waals surface area (Å²) in [6, 6.07) is 9.33. The van der Waals surface area contributed by atoms with Crippen molar-refractivity contribution in [2.45, 2.75) is 6.92 Å². The Labute approximate surface area is 130 Å². The molecule has 0 aliphatic carbocycles. The van der Waals surface area contributed by atoms with Gasteiger partial charge in [-0.05, 0) is 36.8 Å². The van der Waals surface area contributed by atoms with E-state index in [0.717, 1.165) is 10.0 Å². The van der Waals surface area contributed by atoms with Crippen molar-refractivity contribution in [1.82, 2.24) is 5.43 Å². The summed E-state index contributed by atoms with van der Waals surface area (Å²) in [5.74, 6) is -0.519. The van der Waals surface area contributed by atoms with Crippen molar-refractivity contribution in [1.29, 1.82) is 0 Å². The summed E-state index contributed by atoms with van der Waals surface area (Å²) in [5.41, 5.74) is 4.26. The number of aryl methyl sites for hydroxylation is 1. The Morgan fingerprint density at radius 1 is 1.24 bits per heavy atom. The van der Waals surface area contributed by atoms with Crippen LogP contribution in [0.1, 0.15) is 21.5 Å². The van der Waals surface area contributed by atoms with Gasteiger partial charge in [-0.25, -0.2) is 5.43 Å². The van der Waals surface area contributed by atoms with Gasteiger partial charge in [0.2, 0.25) is 0 Å². The molecule has 0 atom stereocenters. The van der Waals surface area contributed by atoms with Crippen LogP contribution in [0.5, 0.6) is 11.5 Å². The monoisotopic (exact) mass is 348 g/mol. The summed E-state index contributed by atoms with van der Waals surface area (Å²) >= 11 is 3.36. The van der Waals surface area contributed by atoms with Gasteiger partial charge in [0.15, 0.2) is 0 Å². The maximum absolute atomic E-state index is 11.9. The third kappa shape index (κ3) is 3.82. The van der Waals surface area contributed by atoms with E-state index in [1.54, 1.807) is 12.1 Å². The fourth-order valence-electron chi connectivity index (χ4n) is 1.60. The number of nitrogens with zero attached hydrogens (tertiary/aromatic N) is 1. The molecular weight excluding hydrogens is 336 g/mol. The summed E-state index contributed by atoms with van der Waals surface area (Å²) in [7, 11) is 0. The highest BCUT2D eigenvalue weighted by Crippen LogP contribution is 2.21. The zero-order chi connectivity index (χ0) is 15.4. The molecule has 0 heterocycles. The molecule has 0 aliphatic rings. The molecule has 3 N–H and O–H groups in total. The van der Waals surface area contributed by atoms with E-state index in [0.29, 0.717) is 11.1 Å². The van der Waals surface area contributed by atoms with E-state index in [2.05, 4.69) is 26.5 Å². The number of hydrogen-bond acceptors (Lipinski definition) is 4. The Bertz CT molecular complexity index is 714. The first-order valence-electron chi connectivity index (χ1n) is 6.09. The predicted octanol–water partition coefficient (Wildman–Crippen LogP) is 2.93. The van der Waals surface area contributed by atoms with Crippen molar-refractivity contribution in [3.05, 3.63) is 57.6 Å². The second-order valence-electron chi connectivity index (χ2n) is 4.41. The van der Waals surface area contributed by atoms with Gasteiger partial charge >= 0.3 is 0 Å². The van der Waals surface area contributed by atoms with Gasteiger partial charge in [0.1, 0.15) is 11.5 Å². The number of rotatable bonds is 3.